The minimum absolute atomic E-state index is 1.17. The van der Waals surface area contributed by atoms with Crippen molar-refractivity contribution in [3.05, 3.63) is 251 Å². The molecule has 2 heteroatoms. The lowest BCUT2D eigenvalue weighted by molar-refractivity contribution is 0.683. The molecule has 11 rings (SSSR count). The normalized spacial score (nSPS) is 14.4. The standard InChI is InChI=1S/C58H42N2/c1-59-55(51-27-11-19-41-15-3-7-23-47(41)51)35-45(36-56(59)52-28-12-20-42-16-4-8-24-48(42)52)39-31-33-40(34-32-39)46-37-57(53-29-13-21-43-17-5-9-25-49(43)53)60(2)58(38-46)54-30-14-22-44-18-6-10-26-50(44)54/h3-38H,1-2H3. The van der Waals surface area contributed by atoms with E-state index in [4.69, 9.17) is 0 Å². The third kappa shape index (κ3) is 6.04. The SMILES string of the molecule is CN1C(c2cccc3ccccc23)=CC(=c2ccc(=C3C=C(c4cccc5ccccc45)N(C)C(c4cccc5ccccc45)=C3)cc2)C=C1c1cccc2ccccc12. The first-order valence-corrected chi connectivity index (χ1v) is 20.7. The minimum atomic E-state index is 1.17. The van der Waals surface area contributed by atoms with E-state index in [-0.39, 0.29) is 0 Å². The Labute approximate surface area is 350 Å². The highest BCUT2D eigenvalue weighted by molar-refractivity contribution is 6.05. The maximum absolute atomic E-state index is 2.37. The number of nitrogens with zero attached hydrogens (tertiary/aromatic N) is 2. The third-order valence-electron chi connectivity index (χ3n) is 12.4. The highest BCUT2D eigenvalue weighted by Gasteiger charge is 2.24. The number of benzene rings is 9. The van der Waals surface area contributed by atoms with Crippen molar-refractivity contribution in [2.75, 3.05) is 14.1 Å². The number of allylic oxidation sites excluding steroid dienone is 4. The fourth-order valence-corrected chi connectivity index (χ4v) is 9.34. The van der Waals surface area contributed by atoms with Gasteiger partial charge in [-0.15, -0.1) is 0 Å². The Balaban J connectivity index is 1.14. The summed E-state index contributed by atoms with van der Waals surface area (Å²) in [6.45, 7) is 0. The Hall–Kier alpha value is -7.68. The molecule has 9 aromatic carbocycles. The second-order valence-corrected chi connectivity index (χ2v) is 15.8. The van der Waals surface area contributed by atoms with Crippen molar-refractivity contribution < 1.29 is 0 Å². The van der Waals surface area contributed by atoms with Crippen LogP contribution in [0.3, 0.4) is 0 Å². The Morgan fingerprint density at radius 1 is 0.250 bits per heavy atom. The van der Waals surface area contributed by atoms with Crippen molar-refractivity contribution in [3.63, 3.8) is 0 Å². The first kappa shape index (κ1) is 35.5. The predicted octanol–water partition coefficient (Wildman–Crippen LogP) is 12.7. The molecule has 2 aliphatic heterocycles. The molecule has 60 heavy (non-hydrogen) atoms. The van der Waals surface area contributed by atoms with Crippen LogP contribution in [-0.4, -0.2) is 23.9 Å². The van der Waals surface area contributed by atoms with E-state index in [2.05, 4.69) is 242 Å². The second kappa shape index (κ2) is 14.6. The van der Waals surface area contributed by atoms with Gasteiger partial charge in [0.1, 0.15) is 0 Å². The van der Waals surface area contributed by atoms with E-state index in [0.717, 1.165) is 0 Å². The van der Waals surface area contributed by atoms with Gasteiger partial charge in [0.15, 0.2) is 0 Å². The molecule has 0 aromatic heterocycles. The molecule has 0 saturated carbocycles. The number of fused-ring (bicyclic) bond motifs is 4. The maximum Gasteiger partial charge on any atom is 0.0494 e. The molecule has 2 aliphatic rings. The van der Waals surface area contributed by atoms with E-state index in [1.54, 1.807) is 0 Å². The summed E-state index contributed by atoms with van der Waals surface area (Å²) in [5.41, 5.74) is 11.9. The van der Waals surface area contributed by atoms with E-state index in [1.165, 1.54) is 110 Å². The van der Waals surface area contributed by atoms with Crippen molar-refractivity contribution in [3.8, 4) is 0 Å². The van der Waals surface area contributed by atoms with E-state index in [0.29, 0.717) is 0 Å². The number of hydrogen-bond donors (Lipinski definition) is 0. The molecule has 2 nitrogen and oxygen atoms in total. The molecule has 9 aromatic rings. The number of hydrogen-bond acceptors (Lipinski definition) is 2. The zero-order valence-electron chi connectivity index (χ0n) is 33.7. The summed E-state index contributed by atoms with van der Waals surface area (Å²) in [7, 11) is 4.41. The summed E-state index contributed by atoms with van der Waals surface area (Å²) in [6, 6.07) is 70.5. The summed E-state index contributed by atoms with van der Waals surface area (Å²) in [5.74, 6) is 0. The predicted molar refractivity (Wildman–Crippen MR) is 256 cm³/mol. The average molecular weight is 767 g/mol. The number of rotatable bonds is 4. The van der Waals surface area contributed by atoms with Crippen LogP contribution in [0.4, 0.5) is 0 Å². The van der Waals surface area contributed by atoms with E-state index in [9.17, 15) is 0 Å². The fourth-order valence-electron chi connectivity index (χ4n) is 9.34. The van der Waals surface area contributed by atoms with Crippen LogP contribution in [0.5, 0.6) is 0 Å². The molecule has 2 heterocycles. The Morgan fingerprint density at radius 3 is 0.750 bits per heavy atom. The van der Waals surface area contributed by atoms with Gasteiger partial charge in [-0.1, -0.05) is 194 Å². The van der Waals surface area contributed by atoms with Crippen LogP contribution in [0.2, 0.25) is 0 Å². The zero-order chi connectivity index (χ0) is 40.2. The van der Waals surface area contributed by atoms with Crippen molar-refractivity contribution >= 4 is 77.0 Å². The Morgan fingerprint density at radius 2 is 0.483 bits per heavy atom. The van der Waals surface area contributed by atoms with Gasteiger partial charge in [0.25, 0.3) is 0 Å². The zero-order valence-corrected chi connectivity index (χ0v) is 33.7. The monoisotopic (exact) mass is 766 g/mol. The molecule has 0 bridgehead atoms. The van der Waals surface area contributed by atoms with Gasteiger partial charge in [-0.05, 0) is 89.0 Å². The lowest BCUT2D eigenvalue weighted by Crippen LogP contribution is -2.22. The molecule has 0 fully saturated rings. The van der Waals surface area contributed by atoms with Crippen molar-refractivity contribution in [1.29, 1.82) is 0 Å². The van der Waals surface area contributed by atoms with Gasteiger partial charge in [-0.2, -0.15) is 0 Å². The summed E-state index contributed by atoms with van der Waals surface area (Å²) in [5, 5.41) is 12.3. The molecule has 0 N–H and O–H groups in total. The topological polar surface area (TPSA) is 6.48 Å². The quantitative estimate of drug-likeness (QED) is 0.176. The Bertz CT molecular complexity index is 2990. The van der Waals surface area contributed by atoms with Crippen LogP contribution in [0.25, 0.3) is 77.0 Å². The Kier molecular flexibility index (Phi) is 8.64. The van der Waals surface area contributed by atoms with Crippen molar-refractivity contribution in [2.24, 2.45) is 0 Å². The van der Waals surface area contributed by atoms with Crippen LogP contribution < -0.4 is 10.4 Å². The van der Waals surface area contributed by atoms with E-state index >= 15 is 0 Å². The molecular weight excluding hydrogens is 725 g/mol. The van der Waals surface area contributed by atoms with E-state index in [1.807, 2.05) is 0 Å². The first-order chi connectivity index (χ1) is 29.6. The summed E-state index contributed by atoms with van der Waals surface area (Å²) >= 11 is 0. The molecule has 0 atom stereocenters. The van der Waals surface area contributed by atoms with Gasteiger partial charge in [-0.3, -0.25) is 0 Å². The fraction of sp³-hybridized carbons (Fsp3) is 0.0345. The largest absolute Gasteiger partial charge is 0.344 e. The second-order valence-electron chi connectivity index (χ2n) is 15.8. The molecule has 0 saturated heterocycles. The smallest absolute Gasteiger partial charge is 0.0494 e. The summed E-state index contributed by atoms with van der Waals surface area (Å²) in [6.07, 6.45) is 9.46. The van der Waals surface area contributed by atoms with Gasteiger partial charge in [0.05, 0.1) is 0 Å². The minimum Gasteiger partial charge on any atom is -0.344 e. The molecule has 0 amide bonds. The molecule has 0 aliphatic carbocycles. The lowest BCUT2D eigenvalue weighted by atomic mass is 9.92. The van der Waals surface area contributed by atoms with E-state index < -0.39 is 0 Å². The van der Waals surface area contributed by atoms with Gasteiger partial charge in [-0.25, -0.2) is 0 Å². The molecular formula is C58H42N2. The van der Waals surface area contributed by atoms with Crippen molar-refractivity contribution in [2.45, 2.75) is 0 Å². The summed E-state index contributed by atoms with van der Waals surface area (Å²) < 4.78 is 0. The summed E-state index contributed by atoms with van der Waals surface area (Å²) in [4.78, 5) is 4.74. The van der Waals surface area contributed by atoms with Crippen LogP contribution in [-0.2, 0) is 0 Å². The van der Waals surface area contributed by atoms with Gasteiger partial charge in [0.2, 0.25) is 0 Å². The highest BCUT2D eigenvalue weighted by Crippen LogP contribution is 2.41. The van der Waals surface area contributed by atoms with Gasteiger partial charge in [0, 0.05) is 59.1 Å². The van der Waals surface area contributed by atoms with Crippen molar-refractivity contribution in [1.82, 2.24) is 9.80 Å². The van der Waals surface area contributed by atoms with Crippen LogP contribution in [0, 0.1) is 0 Å². The lowest BCUT2D eigenvalue weighted by Gasteiger charge is -2.31. The molecule has 0 unspecified atom stereocenters. The van der Waals surface area contributed by atoms with Crippen LogP contribution in [0.15, 0.2) is 218 Å². The van der Waals surface area contributed by atoms with Gasteiger partial charge < -0.3 is 9.80 Å². The maximum atomic E-state index is 2.37. The highest BCUT2D eigenvalue weighted by atomic mass is 15.1. The van der Waals surface area contributed by atoms with Crippen LogP contribution >= 0.6 is 0 Å². The van der Waals surface area contributed by atoms with Crippen LogP contribution in [0.1, 0.15) is 22.3 Å². The molecule has 284 valence electrons. The average Bonchev–Trinajstić information content (AvgIpc) is 3.31. The third-order valence-corrected chi connectivity index (χ3v) is 12.4. The molecule has 0 spiro atoms. The molecule has 0 radical (unpaired) electrons. The first-order valence-electron chi connectivity index (χ1n) is 20.7. The van der Waals surface area contributed by atoms with Gasteiger partial charge >= 0.3 is 0 Å².